The first-order chi connectivity index (χ1) is 11.1. The number of anilines is 1. The summed E-state index contributed by atoms with van der Waals surface area (Å²) in [5.41, 5.74) is 1.79. The van der Waals surface area contributed by atoms with E-state index < -0.39 is 0 Å². The van der Waals surface area contributed by atoms with Gasteiger partial charge in [-0.3, -0.25) is 4.79 Å². The smallest absolute Gasteiger partial charge is 0.251 e. The lowest BCUT2D eigenvalue weighted by molar-refractivity contribution is 0.0757. The average Bonchev–Trinajstić information content (AvgIpc) is 2.55. The maximum atomic E-state index is 12.1. The highest BCUT2D eigenvalue weighted by molar-refractivity contribution is 5.94. The molecule has 0 aromatic heterocycles. The van der Waals surface area contributed by atoms with Crippen LogP contribution in [-0.2, 0) is 4.74 Å². The van der Waals surface area contributed by atoms with E-state index in [1.807, 2.05) is 38.1 Å². The number of hydrogen-bond acceptors (Lipinski definition) is 4. The summed E-state index contributed by atoms with van der Waals surface area (Å²) in [7, 11) is 0. The van der Waals surface area contributed by atoms with Crippen LogP contribution < -0.4 is 10.2 Å². The first kappa shape index (κ1) is 17.8. The Kier molecular flexibility index (Phi) is 6.86. The van der Waals surface area contributed by atoms with Gasteiger partial charge in [-0.2, -0.15) is 0 Å². The fourth-order valence-electron chi connectivity index (χ4n) is 2.64. The molecule has 1 aromatic carbocycles. The van der Waals surface area contributed by atoms with Gasteiger partial charge in [0.05, 0.1) is 12.2 Å². The Bertz CT molecular complexity index is 480. The zero-order valence-corrected chi connectivity index (χ0v) is 14.1. The maximum Gasteiger partial charge on any atom is 0.251 e. The third-order valence-electron chi connectivity index (χ3n) is 4.02. The lowest BCUT2D eigenvalue weighted by Gasteiger charge is -2.31. The molecule has 1 amide bonds. The van der Waals surface area contributed by atoms with Crippen molar-refractivity contribution in [3.8, 4) is 0 Å². The number of nitrogens with one attached hydrogen (secondary N) is 1. The van der Waals surface area contributed by atoms with Crippen LogP contribution in [0.15, 0.2) is 24.3 Å². The molecule has 2 N–H and O–H groups in total. The van der Waals surface area contributed by atoms with Crippen molar-refractivity contribution in [3.63, 3.8) is 0 Å². The number of carbonyl (C=O) groups is 1. The van der Waals surface area contributed by atoms with E-state index in [2.05, 4.69) is 10.2 Å². The Hall–Kier alpha value is -1.59. The van der Waals surface area contributed by atoms with Gasteiger partial charge in [0.2, 0.25) is 0 Å². The second-order valence-electron chi connectivity index (χ2n) is 6.29. The second-order valence-corrected chi connectivity index (χ2v) is 6.29. The Morgan fingerprint density at radius 2 is 1.96 bits per heavy atom. The molecule has 1 heterocycles. The number of piperidine rings is 1. The minimum atomic E-state index is -0.170. The highest BCUT2D eigenvalue weighted by atomic mass is 16.5. The summed E-state index contributed by atoms with van der Waals surface area (Å²) in [6, 6.07) is 7.68. The van der Waals surface area contributed by atoms with Crippen LogP contribution in [0, 0.1) is 0 Å². The predicted octanol–water partition coefficient (Wildman–Crippen LogP) is 2.19. The van der Waals surface area contributed by atoms with Gasteiger partial charge in [0.25, 0.3) is 5.91 Å². The van der Waals surface area contributed by atoms with Gasteiger partial charge in [-0.15, -0.1) is 0 Å². The number of hydrogen-bond donors (Lipinski definition) is 2. The van der Waals surface area contributed by atoms with Crippen molar-refractivity contribution in [1.29, 1.82) is 0 Å². The molecule has 1 saturated heterocycles. The van der Waals surface area contributed by atoms with Gasteiger partial charge in [-0.05, 0) is 57.4 Å². The molecular weight excluding hydrogens is 292 g/mol. The van der Waals surface area contributed by atoms with Crippen molar-refractivity contribution in [1.82, 2.24) is 5.32 Å². The Morgan fingerprint density at radius 3 is 2.57 bits per heavy atom. The average molecular weight is 320 g/mol. The van der Waals surface area contributed by atoms with Gasteiger partial charge in [0.1, 0.15) is 0 Å². The number of rotatable bonds is 7. The quantitative estimate of drug-likeness (QED) is 0.756. The van der Waals surface area contributed by atoms with Crippen LogP contribution in [-0.4, -0.2) is 49.5 Å². The van der Waals surface area contributed by atoms with Crippen LogP contribution in [0.2, 0.25) is 0 Å². The third kappa shape index (κ3) is 5.84. The molecule has 1 aliphatic rings. The largest absolute Gasteiger partial charge is 0.393 e. The Labute approximate surface area is 138 Å². The van der Waals surface area contributed by atoms with E-state index in [1.165, 1.54) is 0 Å². The molecule has 5 nitrogen and oxygen atoms in total. The van der Waals surface area contributed by atoms with Crippen molar-refractivity contribution in [2.45, 2.75) is 45.3 Å². The molecule has 0 spiro atoms. The van der Waals surface area contributed by atoms with Gasteiger partial charge in [-0.1, -0.05) is 0 Å². The fraction of sp³-hybridized carbons (Fsp3) is 0.611. The maximum absolute atomic E-state index is 12.1. The highest BCUT2D eigenvalue weighted by Gasteiger charge is 2.17. The number of ether oxygens (including phenoxy) is 1. The minimum absolute atomic E-state index is 0.0461. The van der Waals surface area contributed by atoms with Crippen molar-refractivity contribution < 1.29 is 14.6 Å². The zero-order valence-electron chi connectivity index (χ0n) is 14.1. The van der Waals surface area contributed by atoms with Gasteiger partial charge < -0.3 is 20.1 Å². The van der Waals surface area contributed by atoms with Crippen LogP contribution in [0.3, 0.4) is 0 Å². The first-order valence-electron chi connectivity index (χ1n) is 8.49. The van der Waals surface area contributed by atoms with Gasteiger partial charge in [-0.25, -0.2) is 0 Å². The van der Waals surface area contributed by atoms with Crippen LogP contribution in [0.25, 0.3) is 0 Å². The summed E-state index contributed by atoms with van der Waals surface area (Å²) in [5.74, 6) is -0.0461. The molecular formula is C18H28N2O3. The SMILES string of the molecule is CC(C)OCCCNC(=O)c1ccc(N2CCC(O)CC2)cc1. The van der Waals surface area contributed by atoms with E-state index in [0.717, 1.165) is 38.0 Å². The number of nitrogens with zero attached hydrogens (tertiary/aromatic N) is 1. The molecule has 0 bridgehead atoms. The summed E-state index contributed by atoms with van der Waals surface area (Å²) >= 11 is 0. The molecule has 0 saturated carbocycles. The van der Waals surface area contributed by atoms with Gasteiger partial charge in [0.15, 0.2) is 0 Å². The number of benzene rings is 1. The molecule has 128 valence electrons. The number of aliphatic hydroxyl groups is 1. The zero-order chi connectivity index (χ0) is 16.7. The number of amides is 1. The molecule has 1 aliphatic heterocycles. The van der Waals surface area contributed by atoms with E-state index in [1.54, 1.807) is 0 Å². The number of carbonyl (C=O) groups excluding carboxylic acids is 1. The third-order valence-corrected chi connectivity index (χ3v) is 4.02. The predicted molar refractivity (Wildman–Crippen MR) is 91.9 cm³/mol. The monoisotopic (exact) mass is 320 g/mol. The Morgan fingerprint density at radius 1 is 1.30 bits per heavy atom. The Balaban J connectivity index is 1.76. The van der Waals surface area contributed by atoms with E-state index in [0.29, 0.717) is 18.7 Å². The topological polar surface area (TPSA) is 61.8 Å². The van der Waals surface area contributed by atoms with E-state index >= 15 is 0 Å². The van der Waals surface area contributed by atoms with Crippen molar-refractivity contribution in [2.24, 2.45) is 0 Å². The standard InChI is InChI=1S/C18H28N2O3/c1-14(2)23-13-3-10-19-18(22)15-4-6-16(7-5-15)20-11-8-17(21)9-12-20/h4-7,14,17,21H,3,8-13H2,1-2H3,(H,19,22). The summed E-state index contributed by atoms with van der Waals surface area (Å²) in [4.78, 5) is 14.3. The van der Waals surface area contributed by atoms with Crippen molar-refractivity contribution in [2.75, 3.05) is 31.1 Å². The molecule has 0 atom stereocenters. The van der Waals surface area contributed by atoms with Crippen LogP contribution in [0.4, 0.5) is 5.69 Å². The van der Waals surface area contributed by atoms with E-state index in [-0.39, 0.29) is 18.1 Å². The molecule has 23 heavy (non-hydrogen) atoms. The summed E-state index contributed by atoms with van der Waals surface area (Å²) in [5, 5.41) is 12.5. The van der Waals surface area contributed by atoms with Crippen LogP contribution in [0.1, 0.15) is 43.5 Å². The van der Waals surface area contributed by atoms with Gasteiger partial charge >= 0.3 is 0 Å². The molecule has 0 unspecified atom stereocenters. The fourth-order valence-corrected chi connectivity index (χ4v) is 2.64. The van der Waals surface area contributed by atoms with Crippen LogP contribution >= 0.6 is 0 Å². The summed E-state index contributed by atoms with van der Waals surface area (Å²) in [6.07, 6.45) is 2.49. The number of aliphatic hydroxyl groups excluding tert-OH is 1. The molecule has 1 fully saturated rings. The molecule has 5 heteroatoms. The minimum Gasteiger partial charge on any atom is -0.393 e. The van der Waals surface area contributed by atoms with Crippen molar-refractivity contribution >= 4 is 11.6 Å². The first-order valence-corrected chi connectivity index (χ1v) is 8.49. The molecule has 0 aliphatic carbocycles. The van der Waals surface area contributed by atoms with E-state index in [9.17, 15) is 9.90 Å². The summed E-state index contributed by atoms with van der Waals surface area (Å²) in [6.45, 7) is 7.02. The molecule has 2 rings (SSSR count). The molecule has 1 aromatic rings. The van der Waals surface area contributed by atoms with E-state index in [4.69, 9.17) is 4.74 Å². The molecule has 0 radical (unpaired) electrons. The van der Waals surface area contributed by atoms with Gasteiger partial charge in [0, 0.05) is 37.5 Å². The van der Waals surface area contributed by atoms with Crippen molar-refractivity contribution in [3.05, 3.63) is 29.8 Å². The second kappa shape index (κ2) is 8.89. The highest BCUT2D eigenvalue weighted by Crippen LogP contribution is 2.20. The lowest BCUT2D eigenvalue weighted by atomic mass is 10.1. The lowest BCUT2D eigenvalue weighted by Crippen LogP contribution is -2.35. The van der Waals surface area contributed by atoms with Crippen LogP contribution in [0.5, 0.6) is 0 Å². The summed E-state index contributed by atoms with van der Waals surface area (Å²) < 4.78 is 5.45. The normalized spacial score (nSPS) is 15.9.